The second kappa shape index (κ2) is 12.8. The number of benzene rings is 2. The molecule has 2 aliphatic heterocycles. The molecule has 2 atom stereocenters. The first-order valence-electron chi connectivity index (χ1n) is 17.1. The number of carbonyl (C=O) groups is 2. The number of ether oxygens (including phenoxy) is 1. The molecule has 3 aliphatic rings. The summed E-state index contributed by atoms with van der Waals surface area (Å²) in [4.78, 5) is 35.4. The monoisotopic (exact) mass is 703 g/mol. The van der Waals surface area contributed by atoms with Crippen molar-refractivity contribution in [2.24, 2.45) is 5.92 Å². The first kappa shape index (κ1) is 33.6. The Bertz CT molecular complexity index is 2040. The lowest BCUT2D eigenvalue weighted by Crippen LogP contribution is -2.36. The molecule has 2 unspecified atom stereocenters. The van der Waals surface area contributed by atoms with Crippen molar-refractivity contribution in [3.8, 4) is 17.2 Å². The smallest absolute Gasteiger partial charge is 0.410 e. The van der Waals surface area contributed by atoms with Crippen LogP contribution in [0.4, 0.5) is 9.18 Å². The van der Waals surface area contributed by atoms with Crippen LogP contribution in [0.15, 0.2) is 30.3 Å². The van der Waals surface area contributed by atoms with Gasteiger partial charge >= 0.3 is 6.09 Å². The van der Waals surface area contributed by atoms with E-state index in [-0.39, 0.29) is 52.5 Å². The Kier molecular flexibility index (Phi) is 8.77. The van der Waals surface area contributed by atoms with Crippen molar-refractivity contribution in [3.05, 3.63) is 63.1 Å². The first-order chi connectivity index (χ1) is 23.4. The number of hydrogen-bond donors (Lipinski definition) is 0. The molecule has 11 heteroatoms. The molecule has 0 N–H and O–H groups in total. The number of aromatic nitrogens is 2. The number of carbonyl (C=O) groups excluding carboxylic acids is 2. The van der Waals surface area contributed by atoms with Gasteiger partial charge in [0.1, 0.15) is 11.1 Å². The molecule has 2 amide bonds. The predicted molar refractivity (Wildman–Crippen MR) is 189 cm³/mol. The number of likely N-dealkylation sites (tertiary alicyclic amines) is 2. The summed E-state index contributed by atoms with van der Waals surface area (Å²) >= 11 is 13.0. The highest BCUT2D eigenvalue weighted by atomic mass is 35.5. The number of nitrogens with zero attached hydrogens (tertiary/aromatic N) is 5. The fraction of sp³-hybridized carbons (Fsp3) is 0.474. The van der Waals surface area contributed by atoms with Crippen LogP contribution in [0.3, 0.4) is 0 Å². The summed E-state index contributed by atoms with van der Waals surface area (Å²) in [5, 5.41) is 11.6. The van der Waals surface area contributed by atoms with Crippen LogP contribution in [0.2, 0.25) is 10.0 Å². The van der Waals surface area contributed by atoms with E-state index >= 15 is 4.39 Å². The van der Waals surface area contributed by atoms with Crippen molar-refractivity contribution in [1.82, 2.24) is 19.4 Å². The Morgan fingerprint density at radius 1 is 1.10 bits per heavy atom. The molecule has 0 spiro atoms. The minimum atomic E-state index is -0.631. The van der Waals surface area contributed by atoms with E-state index in [9.17, 15) is 14.9 Å². The number of rotatable bonds is 6. The maximum absolute atomic E-state index is 17.1. The number of pyridine rings is 1. The van der Waals surface area contributed by atoms with E-state index in [2.05, 4.69) is 16.7 Å². The average molecular weight is 705 g/mol. The zero-order chi connectivity index (χ0) is 34.8. The van der Waals surface area contributed by atoms with Gasteiger partial charge in [-0.25, -0.2) is 14.2 Å². The minimum absolute atomic E-state index is 0.0883. The van der Waals surface area contributed by atoms with Gasteiger partial charge in [0.2, 0.25) is 5.91 Å². The molecule has 7 rings (SSSR count). The zero-order valence-electron chi connectivity index (χ0n) is 28.3. The van der Waals surface area contributed by atoms with Gasteiger partial charge in [-0.3, -0.25) is 4.79 Å². The second-order valence-corrected chi connectivity index (χ2v) is 15.4. The summed E-state index contributed by atoms with van der Waals surface area (Å²) in [6, 6.07) is 11.1. The van der Waals surface area contributed by atoms with Gasteiger partial charge in [-0.15, -0.1) is 0 Å². The topological polar surface area (TPSA) is 91.5 Å². The molecular formula is C38H40Cl2FN5O3. The summed E-state index contributed by atoms with van der Waals surface area (Å²) in [7, 11) is 0. The molecule has 8 nitrogen and oxygen atoms in total. The number of fused-ring (bicyclic) bond motifs is 3. The zero-order valence-corrected chi connectivity index (χ0v) is 29.8. The number of amides is 2. The lowest BCUT2D eigenvalue weighted by atomic mass is 9.93. The molecule has 0 radical (unpaired) electrons. The van der Waals surface area contributed by atoms with Crippen molar-refractivity contribution in [2.75, 3.05) is 19.6 Å². The SMILES string of the molecule is Cc1nc2c(F)c(-c3cccc(Cl)c3Cl)c(CCC#N)cc2c2c1cc(C1CCCN1C(=O)C1CC1)n2C1CCN(C(=O)OC(C)(C)C)C1. The van der Waals surface area contributed by atoms with Gasteiger partial charge in [-0.05, 0) is 90.0 Å². The Morgan fingerprint density at radius 2 is 1.88 bits per heavy atom. The van der Waals surface area contributed by atoms with E-state index in [1.165, 1.54) is 0 Å². The van der Waals surface area contributed by atoms with Crippen molar-refractivity contribution >= 4 is 57.0 Å². The highest BCUT2D eigenvalue weighted by Gasteiger charge is 2.42. The third kappa shape index (κ3) is 6.12. The van der Waals surface area contributed by atoms with Crippen LogP contribution in [0.25, 0.3) is 32.9 Å². The molecule has 2 aromatic heterocycles. The molecule has 1 aliphatic carbocycles. The Morgan fingerprint density at radius 3 is 2.59 bits per heavy atom. The number of halogens is 3. The van der Waals surface area contributed by atoms with E-state index in [1.54, 1.807) is 23.1 Å². The molecule has 4 heterocycles. The average Bonchev–Trinajstić information content (AvgIpc) is 3.41. The summed E-state index contributed by atoms with van der Waals surface area (Å²) in [6.45, 7) is 9.07. The van der Waals surface area contributed by atoms with E-state index in [0.717, 1.165) is 42.3 Å². The van der Waals surface area contributed by atoms with Crippen LogP contribution < -0.4 is 0 Å². The fourth-order valence-electron chi connectivity index (χ4n) is 7.68. The predicted octanol–water partition coefficient (Wildman–Crippen LogP) is 9.32. The molecular weight excluding hydrogens is 664 g/mol. The van der Waals surface area contributed by atoms with Crippen LogP contribution in [0, 0.1) is 30.0 Å². The Labute approximate surface area is 295 Å². The lowest BCUT2D eigenvalue weighted by molar-refractivity contribution is -0.133. The third-order valence-corrected chi connectivity index (χ3v) is 10.8. The largest absolute Gasteiger partial charge is 0.444 e. The van der Waals surface area contributed by atoms with Crippen molar-refractivity contribution in [2.45, 2.75) is 90.3 Å². The molecule has 49 heavy (non-hydrogen) atoms. The summed E-state index contributed by atoms with van der Waals surface area (Å²) < 4.78 is 25.1. The minimum Gasteiger partial charge on any atom is -0.444 e. The van der Waals surface area contributed by atoms with E-state index in [1.807, 2.05) is 38.7 Å². The van der Waals surface area contributed by atoms with Crippen LogP contribution in [0.5, 0.6) is 0 Å². The maximum Gasteiger partial charge on any atom is 0.410 e. The van der Waals surface area contributed by atoms with Crippen LogP contribution in [-0.4, -0.2) is 56.6 Å². The van der Waals surface area contributed by atoms with E-state index < -0.39 is 11.4 Å². The molecule has 0 bridgehead atoms. The van der Waals surface area contributed by atoms with Crippen LogP contribution in [-0.2, 0) is 16.0 Å². The van der Waals surface area contributed by atoms with Gasteiger partial charge in [0.25, 0.3) is 0 Å². The second-order valence-electron chi connectivity index (χ2n) is 14.6. The molecule has 2 aromatic carbocycles. The number of aryl methyl sites for hydroxylation is 2. The first-order valence-corrected chi connectivity index (χ1v) is 17.9. The normalized spacial score (nSPS) is 19.6. The molecule has 256 valence electrons. The van der Waals surface area contributed by atoms with E-state index in [4.69, 9.17) is 32.9 Å². The molecule has 3 fully saturated rings. The van der Waals surface area contributed by atoms with Gasteiger partial charge in [-0.1, -0.05) is 35.3 Å². The maximum atomic E-state index is 17.1. The summed E-state index contributed by atoms with van der Waals surface area (Å²) in [5.41, 5.74) is 3.39. The highest BCUT2D eigenvalue weighted by Crippen LogP contribution is 2.46. The van der Waals surface area contributed by atoms with E-state index in [0.29, 0.717) is 59.7 Å². The number of hydrogen-bond acceptors (Lipinski definition) is 5. The van der Waals surface area contributed by atoms with Crippen LogP contribution >= 0.6 is 23.2 Å². The Balaban J connectivity index is 1.47. The Hall–Kier alpha value is -3.87. The highest BCUT2D eigenvalue weighted by molar-refractivity contribution is 6.43. The standard InChI is InChI=1S/C38H40Cl2FN5O3/c1-21-26-19-30(29-11-7-16-45(29)36(47)22-12-13-22)46(24-14-17-44(20-24)37(48)49-38(2,3)4)35(26)27-18-23(8-6-15-42)31(33(41)34(27)43-21)25-9-5-10-28(39)32(25)40/h5,9-10,18-19,22,24,29H,6-8,11-14,16-17,20H2,1-4H3. The third-order valence-electron chi connectivity index (χ3n) is 10.0. The van der Waals surface area contributed by atoms with Gasteiger partial charge in [0.15, 0.2) is 5.82 Å². The van der Waals surface area contributed by atoms with Gasteiger partial charge < -0.3 is 19.1 Å². The van der Waals surface area contributed by atoms with Crippen molar-refractivity contribution < 1.29 is 18.7 Å². The van der Waals surface area contributed by atoms with Crippen molar-refractivity contribution in [1.29, 1.82) is 5.26 Å². The van der Waals surface area contributed by atoms with Crippen LogP contribution in [0.1, 0.15) is 88.3 Å². The van der Waals surface area contributed by atoms with Gasteiger partial charge in [0.05, 0.1) is 33.7 Å². The quantitative estimate of drug-likeness (QED) is 0.200. The summed E-state index contributed by atoms with van der Waals surface area (Å²) in [6.07, 6.45) is 4.35. The fourth-order valence-corrected chi connectivity index (χ4v) is 8.07. The molecule has 1 saturated carbocycles. The van der Waals surface area contributed by atoms with Gasteiger partial charge in [0, 0.05) is 65.3 Å². The number of nitriles is 1. The molecule has 4 aromatic rings. The van der Waals surface area contributed by atoms with Crippen molar-refractivity contribution in [3.63, 3.8) is 0 Å². The lowest BCUT2D eigenvalue weighted by Gasteiger charge is -2.29. The molecule has 2 saturated heterocycles. The van der Waals surface area contributed by atoms with Gasteiger partial charge in [-0.2, -0.15) is 5.26 Å². The summed E-state index contributed by atoms with van der Waals surface area (Å²) in [5.74, 6) is -0.235.